The molecular weight excluding hydrogens is 388 g/mol. The summed E-state index contributed by atoms with van der Waals surface area (Å²) in [5.74, 6) is -0.459. The summed E-state index contributed by atoms with van der Waals surface area (Å²) >= 11 is 0. The highest BCUT2D eigenvalue weighted by molar-refractivity contribution is 7.92. The number of sulfonamides is 1. The standard InChI is InChI=1S/C18H20N2O7S/c1-3-26-17-8-6-5-7-16(17)19(13-18(21)27-4-2)28(24,25)15-11-9-14(10-12-15)20(22)23/h5-12H,3-4,13H2,1-2H3. The van der Waals surface area contributed by atoms with E-state index in [0.29, 0.717) is 6.61 Å². The number of hydrogen-bond donors (Lipinski definition) is 0. The molecule has 0 saturated carbocycles. The third-order valence-corrected chi connectivity index (χ3v) is 5.42. The minimum Gasteiger partial charge on any atom is -0.492 e. The van der Waals surface area contributed by atoms with E-state index in [-0.39, 0.29) is 28.6 Å². The molecule has 2 aromatic carbocycles. The van der Waals surface area contributed by atoms with Gasteiger partial charge in [-0.15, -0.1) is 0 Å². The molecule has 0 unspecified atom stereocenters. The summed E-state index contributed by atoms with van der Waals surface area (Å²) in [6.45, 7) is 3.18. The van der Waals surface area contributed by atoms with Crippen LogP contribution in [0.3, 0.4) is 0 Å². The number of benzene rings is 2. The fourth-order valence-electron chi connectivity index (χ4n) is 2.43. The zero-order chi connectivity index (χ0) is 20.7. The molecule has 0 bridgehead atoms. The summed E-state index contributed by atoms with van der Waals surface area (Å²) in [5, 5.41) is 10.8. The van der Waals surface area contributed by atoms with Crippen LogP contribution in [0.15, 0.2) is 53.4 Å². The zero-order valence-electron chi connectivity index (χ0n) is 15.4. The van der Waals surface area contributed by atoms with Crippen molar-refractivity contribution in [1.82, 2.24) is 0 Å². The van der Waals surface area contributed by atoms with Crippen LogP contribution in [0.5, 0.6) is 5.75 Å². The van der Waals surface area contributed by atoms with E-state index in [1.165, 1.54) is 6.07 Å². The van der Waals surface area contributed by atoms with E-state index in [0.717, 1.165) is 28.6 Å². The van der Waals surface area contributed by atoms with Gasteiger partial charge in [0.25, 0.3) is 15.7 Å². The molecule has 10 heteroatoms. The number of non-ortho nitro benzene ring substituents is 1. The molecule has 2 aromatic rings. The van der Waals surface area contributed by atoms with Crippen molar-refractivity contribution in [3.8, 4) is 5.75 Å². The molecule has 0 aliphatic carbocycles. The number of nitro benzene ring substituents is 1. The Kier molecular flexibility index (Phi) is 6.94. The molecule has 0 spiro atoms. The normalized spacial score (nSPS) is 10.9. The van der Waals surface area contributed by atoms with Gasteiger partial charge in [0.2, 0.25) is 0 Å². The van der Waals surface area contributed by atoms with Crippen molar-refractivity contribution in [3.63, 3.8) is 0 Å². The van der Waals surface area contributed by atoms with Crippen LogP contribution < -0.4 is 9.04 Å². The number of carbonyl (C=O) groups excluding carboxylic acids is 1. The summed E-state index contributed by atoms with van der Waals surface area (Å²) in [4.78, 5) is 22.1. The second-order valence-electron chi connectivity index (χ2n) is 5.47. The molecule has 0 aliphatic heterocycles. The van der Waals surface area contributed by atoms with Gasteiger partial charge in [0.05, 0.1) is 28.7 Å². The smallest absolute Gasteiger partial charge is 0.326 e. The molecule has 9 nitrogen and oxygen atoms in total. The van der Waals surface area contributed by atoms with Gasteiger partial charge in [-0.25, -0.2) is 8.42 Å². The quantitative estimate of drug-likeness (QED) is 0.356. The molecule has 28 heavy (non-hydrogen) atoms. The summed E-state index contributed by atoms with van der Waals surface area (Å²) in [5.41, 5.74) is -0.0821. The third-order valence-electron chi connectivity index (χ3n) is 3.65. The Hall–Kier alpha value is -3.14. The van der Waals surface area contributed by atoms with Gasteiger partial charge in [-0.1, -0.05) is 12.1 Å². The first kappa shape index (κ1) is 21.2. The Morgan fingerprint density at radius 1 is 1.07 bits per heavy atom. The first-order chi connectivity index (χ1) is 13.3. The van der Waals surface area contributed by atoms with Gasteiger partial charge in [-0.05, 0) is 38.1 Å². The van der Waals surface area contributed by atoms with Crippen LogP contribution >= 0.6 is 0 Å². The molecule has 0 N–H and O–H groups in total. The van der Waals surface area contributed by atoms with Crippen molar-refractivity contribution in [2.24, 2.45) is 0 Å². The van der Waals surface area contributed by atoms with Crippen LogP contribution in [-0.2, 0) is 19.6 Å². The molecule has 150 valence electrons. The van der Waals surface area contributed by atoms with E-state index in [9.17, 15) is 23.3 Å². The number of ether oxygens (including phenoxy) is 2. The summed E-state index contributed by atoms with van der Waals surface area (Å²) in [6, 6.07) is 10.8. The largest absolute Gasteiger partial charge is 0.492 e. The van der Waals surface area contributed by atoms with E-state index in [4.69, 9.17) is 9.47 Å². The molecule has 0 fully saturated rings. The maximum Gasteiger partial charge on any atom is 0.326 e. The Morgan fingerprint density at radius 2 is 1.71 bits per heavy atom. The molecule has 0 aromatic heterocycles. The van der Waals surface area contributed by atoms with Crippen molar-refractivity contribution in [2.45, 2.75) is 18.7 Å². The number of rotatable bonds is 9. The lowest BCUT2D eigenvalue weighted by Crippen LogP contribution is -2.37. The lowest BCUT2D eigenvalue weighted by Gasteiger charge is -2.25. The lowest BCUT2D eigenvalue weighted by atomic mass is 10.3. The van der Waals surface area contributed by atoms with E-state index >= 15 is 0 Å². The number of anilines is 1. The Balaban J connectivity index is 2.54. The maximum absolute atomic E-state index is 13.2. The number of para-hydroxylation sites is 2. The van der Waals surface area contributed by atoms with Crippen molar-refractivity contribution in [3.05, 3.63) is 58.6 Å². The number of hydrogen-bond acceptors (Lipinski definition) is 7. The van der Waals surface area contributed by atoms with Crippen LogP contribution in [0.1, 0.15) is 13.8 Å². The van der Waals surface area contributed by atoms with Crippen molar-refractivity contribution >= 4 is 27.4 Å². The van der Waals surface area contributed by atoms with Crippen LogP contribution in [0.25, 0.3) is 0 Å². The monoisotopic (exact) mass is 408 g/mol. The summed E-state index contributed by atoms with van der Waals surface area (Å²) in [7, 11) is -4.22. The molecule has 0 aliphatic rings. The van der Waals surface area contributed by atoms with E-state index < -0.39 is 27.5 Å². The van der Waals surface area contributed by atoms with Crippen LogP contribution in [-0.4, -0.2) is 39.1 Å². The summed E-state index contributed by atoms with van der Waals surface area (Å²) in [6.07, 6.45) is 0. The SMILES string of the molecule is CCOC(=O)CN(c1ccccc1OCC)S(=O)(=O)c1ccc([N+](=O)[O-])cc1. The van der Waals surface area contributed by atoms with Crippen molar-refractivity contribution in [2.75, 3.05) is 24.1 Å². The molecule has 0 saturated heterocycles. The molecule has 0 atom stereocenters. The van der Waals surface area contributed by atoms with E-state index in [2.05, 4.69) is 0 Å². The number of carbonyl (C=O) groups is 1. The Labute approximate surface area is 162 Å². The zero-order valence-corrected chi connectivity index (χ0v) is 16.2. The topological polar surface area (TPSA) is 116 Å². The minimum atomic E-state index is -4.22. The van der Waals surface area contributed by atoms with Crippen molar-refractivity contribution in [1.29, 1.82) is 0 Å². The highest BCUT2D eigenvalue weighted by Gasteiger charge is 2.30. The van der Waals surface area contributed by atoms with Gasteiger partial charge in [-0.3, -0.25) is 19.2 Å². The molecule has 0 heterocycles. The van der Waals surface area contributed by atoms with Crippen LogP contribution in [0.4, 0.5) is 11.4 Å². The van der Waals surface area contributed by atoms with Gasteiger partial charge in [0.15, 0.2) is 0 Å². The number of esters is 1. The summed E-state index contributed by atoms with van der Waals surface area (Å²) < 4.78 is 37.7. The minimum absolute atomic E-state index is 0.0946. The van der Waals surface area contributed by atoms with Crippen molar-refractivity contribution < 1.29 is 27.6 Å². The molecular formula is C18H20N2O7S. The maximum atomic E-state index is 13.2. The second kappa shape index (κ2) is 9.18. The average Bonchev–Trinajstić information content (AvgIpc) is 2.67. The Bertz CT molecular complexity index is 943. The number of nitrogens with zero attached hydrogens (tertiary/aromatic N) is 2. The third kappa shape index (κ3) is 4.77. The van der Waals surface area contributed by atoms with E-state index in [1.54, 1.807) is 32.0 Å². The molecule has 0 amide bonds. The molecule has 2 rings (SSSR count). The first-order valence-corrected chi connectivity index (χ1v) is 9.89. The van der Waals surface area contributed by atoms with Gasteiger partial charge < -0.3 is 9.47 Å². The first-order valence-electron chi connectivity index (χ1n) is 8.45. The van der Waals surface area contributed by atoms with Gasteiger partial charge in [0.1, 0.15) is 12.3 Å². The van der Waals surface area contributed by atoms with Gasteiger partial charge >= 0.3 is 5.97 Å². The number of nitro groups is 1. The Morgan fingerprint density at radius 3 is 2.29 bits per heavy atom. The highest BCUT2D eigenvalue weighted by Crippen LogP contribution is 2.32. The van der Waals surface area contributed by atoms with Gasteiger partial charge in [-0.2, -0.15) is 0 Å². The fraction of sp³-hybridized carbons (Fsp3) is 0.278. The van der Waals surface area contributed by atoms with E-state index in [1.807, 2.05) is 0 Å². The predicted molar refractivity (Wildman–Crippen MR) is 102 cm³/mol. The van der Waals surface area contributed by atoms with Gasteiger partial charge in [0, 0.05) is 12.1 Å². The average molecular weight is 408 g/mol. The second-order valence-corrected chi connectivity index (χ2v) is 7.33. The van der Waals surface area contributed by atoms with Crippen LogP contribution in [0, 0.1) is 10.1 Å². The van der Waals surface area contributed by atoms with Crippen LogP contribution in [0.2, 0.25) is 0 Å². The highest BCUT2D eigenvalue weighted by atomic mass is 32.2. The lowest BCUT2D eigenvalue weighted by molar-refractivity contribution is -0.384. The predicted octanol–water partition coefficient (Wildman–Crippen LogP) is 2.75. The molecule has 0 radical (unpaired) electrons. The fourth-order valence-corrected chi connectivity index (χ4v) is 3.85.